The largest absolute Gasteiger partial charge is 0.437 e. The number of rotatable bonds is 4. The molecular weight excluding hydrogens is 384 g/mol. The number of aryl methyl sites for hydroxylation is 1. The van der Waals surface area contributed by atoms with Crippen LogP contribution in [0.25, 0.3) is 11.2 Å². The molecule has 1 aliphatic rings. The Balaban J connectivity index is 1.33. The molecule has 3 aromatic heterocycles. The number of aromatic nitrogens is 6. The summed E-state index contributed by atoms with van der Waals surface area (Å²) in [5, 5.41) is 4.31. The average molecular weight is 402 g/mol. The number of hydrogen-bond acceptors (Lipinski definition) is 6. The van der Waals surface area contributed by atoms with Gasteiger partial charge in [-0.3, -0.25) is 9.36 Å². The Kier molecular flexibility index (Phi) is 4.13. The summed E-state index contributed by atoms with van der Waals surface area (Å²) in [7, 11) is 1.73. The molecule has 0 saturated heterocycles. The molecule has 3 heterocycles. The third kappa shape index (κ3) is 2.93. The average Bonchev–Trinajstić information content (AvgIpc) is 3.26. The van der Waals surface area contributed by atoms with Crippen molar-refractivity contribution >= 4 is 11.2 Å². The van der Waals surface area contributed by atoms with Crippen LogP contribution in [0.5, 0.6) is 0 Å². The van der Waals surface area contributed by atoms with Crippen LogP contribution in [0.15, 0.2) is 50.9 Å². The normalized spacial score (nSPS) is 18.3. The second-order valence-corrected chi connectivity index (χ2v) is 7.50. The van der Waals surface area contributed by atoms with Crippen LogP contribution >= 0.6 is 0 Å². The molecule has 0 radical (unpaired) electrons. The molecule has 0 aliphatic heterocycles. The van der Waals surface area contributed by atoms with Crippen LogP contribution in [0, 0.1) is 12.3 Å². The molecular formula is C21H18N6O3. The Hall–Kier alpha value is -3.93. The summed E-state index contributed by atoms with van der Waals surface area (Å²) >= 11 is 0. The maximum absolute atomic E-state index is 12.6. The fourth-order valence-electron chi connectivity index (χ4n) is 3.86. The first-order chi connectivity index (χ1) is 14.5. The van der Waals surface area contributed by atoms with Gasteiger partial charge in [0.2, 0.25) is 5.89 Å². The van der Waals surface area contributed by atoms with Crippen molar-refractivity contribution in [1.29, 1.82) is 0 Å². The van der Waals surface area contributed by atoms with E-state index in [1.165, 1.54) is 27.5 Å². The van der Waals surface area contributed by atoms with Crippen LogP contribution in [-0.2, 0) is 13.6 Å². The Morgan fingerprint density at radius 1 is 1.17 bits per heavy atom. The lowest BCUT2D eigenvalue weighted by atomic mass is 9.76. The van der Waals surface area contributed by atoms with E-state index in [1.807, 2.05) is 24.3 Å². The van der Waals surface area contributed by atoms with Gasteiger partial charge in [0.05, 0.1) is 12.4 Å². The zero-order valence-electron chi connectivity index (χ0n) is 16.2. The lowest BCUT2D eigenvalue weighted by molar-refractivity contribution is 0.233. The second kappa shape index (κ2) is 6.84. The van der Waals surface area contributed by atoms with Gasteiger partial charge in [-0.1, -0.05) is 18.1 Å². The van der Waals surface area contributed by atoms with Crippen molar-refractivity contribution in [3.63, 3.8) is 0 Å². The molecule has 30 heavy (non-hydrogen) atoms. The molecule has 0 N–H and O–H groups in total. The Bertz CT molecular complexity index is 1390. The molecule has 0 bridgehead atoms. The predicted octanol–water partition coefficient (Wildman–Crippen LogP) is 1.43. The number of benzene rings is 1. The molecule has 0 spiro atoms. The van der Waals surface area contributed by atoms with E-state index in [0.717, 1.165) is 18.4 Å². The molecule has 9 heteroatoms. The van der Waals surface area contributed by atoms with Gasteiger partial charge in [0.25, 0.3) is 5.56 Å². The Morgan fingerprint density at radius 2 is 1.90 bits per heavy atom. The van der Waals surface area contributed by atoms with Gasteiger partial charge in [0.15, 0.2) is 11.2 Å². The van der Waals surface area contributed by atoms with E-state index in [0.29, 0.717) is 17.1 Å². The number of hydrogen-bond donors (Lipinski definition) is 0. The van der Waals surface area contributed by atoms with Gasteiger partial charge in [0, 0.05) is 12.6 Å². The maximum Gasteiger partial charge on any atom is 0.437 e. The van der Waals surface area contributed by atoms with E-state index in [9.17, 15) is 9.59 Å². The highest BCUT2D eigenvalue weighted by atomic mass is 16.4. The monoisotopic (exact) mass is 402 g/mol. The van der Waals surface area contributed by atoms with Crippen molar-refractivity contribution in [2.24, 2.45) is 7.05 Å². The van der Waals surface area contributed by atoms with Crippen molar-refractivity contribution in [3.05, 3.63) is 74.8 Å². The standard InChI is InChI=1S/C21H18N6O3/c1-3-13-4-6-14(7-5-13)15-8-16(9-15)27-21(29)30-17(24-27)10-26-12-23-19-18(20(26)28)25(2)11-22-19/h1,4-7,11-12,15-16H,8-10H2,2H3. The third-order valence-corrected chi connectivity index (χ3v) is 5.63. The molecule has 9 nitrogen and oxygen atoms in total. The van der Waals surface area contributed by atoms with Crippen LogP contribution in [0.1, 0.15) is 41.8 Å². The van der Waals surface area contributed by atoms with Gasteiger partial charge < -0.3 is 8.98 Å². The minimum absolute atomic E-state index is 0.0262. The first-order valence-corrected chi connectivity index (χ1v) is 9.55. The predicted molar refractivity (Wildman–Crippen MR) is 108 cm³/mol. The summed E-state index contributed by atoms with van der Waals surface area (Å²) in [5.74, 6) is 2.62. The summed E-state index contributed by atoms with van der Waals surface area (Å²) < 4.78 is 9.64. The fraction of sp³-hybridized carbons (Fsp3) is 0.286. The zero-order chi connectivity index (χ0) is 20.8. The summed E-state index contributed by atoms with van der Waals surface area (Å²) in [5.41, 5.74) is 2.54. The van der Waals surface area contributed by atoms with Gasteiger partial charge in [0.1, 0.15) is 12.9 Å². The highest BCUT2D eigenvalue weighted by Gasteiger charge is 2.34. The van der Waals surface area contributed by atoms with Crippen molar-refractivity contribution < 1.29 is 4.42 Å². The summed E-state index contributed by atoms with van der Waals surface area (Å²) in [4.78, 5) is 33.2. The van der Waals surface area contributed by atoms with Crippen LogP contribution in [-0.4, -0.2) is 28.9 Å². The molecule has 0 amide bonds. The number of fused-ring (bicyclic) bond motifs is 1. The molecule has 1 saturated carbocycles. The first-order valence-electron chi connectivity index (χ1n) is 9.55. The SMILES string of the molecule is C#Cc1ccc(C2CC(n3nc(Cn4cnc5ncn(C)c5c4=O)oc3=O)C2)cc1. The number of imidazole rings is 1. The molecule has 5 rings (SSSR count). The van der Waals surface area contributed by atoms with E-state index in [1.54, 1.807) is 11.6 Å². The quantitative estimate of drug-likeness (QED) is 0.479. The van der Waals surface area contributed by atoms with Gasteiger partial charge in [-0.25, -0.2) is 14.8 Å². The smallest absolute Gasteiger partial charge is 0.390 e. The summed E-state index contributed by atoms with van der Waals surface area (Å²) in [6, 6.07) is 7.88. The number of terminal acetylenes is 1. The van der Waals surface area contributed by atoms with Gasteiger partial charge in [-0.05, 0) is 36.5 Å². The van der Waals surface area contributed by atoms with Crippen LogP contribution in [0.2, 0.25) is 0 Å². The molecule has 1 aromatic carbocycles. The van der Waals surface area contributed by atoms with E-state index in [2.05, 4.69) is 21.0 Å². The van der Waals surface area contributed by atoms with E-state index >= 15 is 0 Å². The van der Waals surface area contributed by atoms with Crippen molar-refractivity contribution in [2.75, 3.05) is 0 Å². The van der Waals surface area contributed by atoms with Crippen molar-refractivity contribution in [1.82, 2.24) is 28.9 Å². The summed E-state index contributed by atoms with van der Waals surface area (Å²) in [6.07, 6.45) is 9.91. The lowest BCUT2D eigenvalue weighted by Gasteiger charge is -2.34. The van der Waals surface area contributed by atoms with Gasteiger partial charge in [-0.15, -0.1) is 11.5 Å². The summed E-state index contributed by atoms with van der Waals surface area (Å²) in [6.45, 7) is 0.0267. The minimum Gasteiger partial charge on any atom is -0.390 e. The van der Waals surface area contributed by atoms with Gasteiger partial charge in [-0.2, -0.15) is 4.68 Å². The van der Waals surface area contributed by atoms with Crippen molar-refractivity contribution in [2.45, 2.75) is 31.3 Å². The topological polar surface area (TPSA) is 101 Å². The lowest BCUT2D eigenvalue weighted by Crippen LogP contribution is -2.31. The van der Waals surface area contributed by atoms with Crippen LogP contribution in [0.3, 0.4) is 0 Å². The Labute approximate surface area is 170 Å². The highest BCUT2D eigenvalue weighted by molar-refractivity contribution is 5.68. The van der Waals surface area contributed by atoms with Gasteiger partial charge >= 0.3 is 5.76 Å². The molecule has 1 aliphatic carbocycles. The molecule has 4 aromatic rings. The highest BCUT2D eigenvalue weighted by Crippen LogP contribution is 2.43. The van der Waals surface area contributed by atoms with Crippen molar-refractivity contribution in [3.8, 4) is 12.3 Å². The Morgan fingerprint density at radius 3 is 2.63 bits per heavy atom. The second-order valence-electron chi connectivity index (χ2n) is 7.50. The third-order valence-electron chi connectivity index (χ3n) is 5.63. The molecule has 150 valence electrons. The minimum atomic E-state index is -0.515. The zero-order valence-corrected chi connectivity index (χ0v) is 16.2. The van der Waals surface area contributed by atoms with E-state index in [4.69, 9.17) is 10.8 Å². The van der Waals surface area contributed by atoms with E-state index in [-0.39, 0.29) is 24.0 Å². The molecule has 1 fully saturated rings. The molecule has 0 unspecified atom stereocenters. The molecule has 0 atom stereocenters. The van der Waals surface area contributed by atoms with Crippen LogP contribution < -0.4 is 11.3 Å². The van der Waals surface area contributed by atoms with Crippen LogP contribution in [0.4, 0.5) is 0 Å². The maximum atomic E-state index is 12.6. The fourth-order valence-corrected chi connectivity index (χ4v) is 3.86. The number of nitrogens with zero attached hydrogens (tertiary/aromatic N) is 6. The van der Waals surface area contributed by atoms with E-state index < -0.39 is 5.76 Å². The first kappa shape index (κ1) is 18.1.